The third kappa shape index (κ3) is 5.09. The van der Waals surface area contributed by atoms with Gasteiger partial charge in [-0.1, -0.05) is 17.4 Å². The molecule has 1 saturated heterocycles. The van der Waals surface area contributed by atoms with Crippen molar-refractivity contribution in [2.24, 2.45) is 0 Å². The maximum absolute atomic E-state index is 13.5. The molecule has 0 aliphatic carbocycles. The summed E-state index contributed by atoms with van der Waals surface area (Å²) in [5, 5.41) is 0.688. The molecular formula is C23H30ClN3O4S. The van der Waals surface area contributed by atoms with Gasteiger partial charge in [-0.3, -0.25) is 14.6 Å². The van der Waals surface area contributed by atoms with Gasteiger partial charge in [-0.15, -0.1) is 12.4 Å². The number of halogens is 1. The van der Waals surface area contributed by atoms with Gasteiger partial charge in [0, 0.05) is 26.2 Å². The lowest BCUT2D eigenvalue weighted by Crippen LogP contribution is -2.39. The second-order valence-electron chi connectivity index (χ2n) is 7.85. The van der Waals surface area contributed by atoms with E-state index in [1.165, 1.54) is 11.3 Å². The molecule has 0 atom stereocenters. The summed E-state index contributed by atoms with van der Waals surface area (Å²) in [4.78, 5) is 22.5. The van der Waals surface area contributed by atoms with Crippen LogP contribution in [-0.4, -0.2) is 62.3 Å². The fourth-order valence-corrected chi connectivity index (χ4v) is 5.00. The van der Waals surface area contributed by atoms with Crippen LogP contribution in [0.5, 0.6) is 5.75 Å². The van der Waals surface area contributed by atoms with Crippen LogP contribution < -0.4 is 9.64 Å². The van der Waals surface area contributed by atoms with Gasteiger partial charge >= 0.3 is 0 Å². The molecule has 0 radical (unpaired) electrons. The summed E-state index contributed by atoms with van der Waals surface area (Å²) >= 11 is 1.53. The van der Waals surface area contributed by atoms with Crippen molar-refractivity contribution in [1.29, 1.82) is 0 Å². The summed E-state index contributed by atoms with van der Waals surface area (Å²) in [6.45, 7) is 10.7. The van der Waals surface area contributed by atoms with Crippen molar-refractivity contribution in [1.82, 2.24) is 9.88 Å². The molecule has 0 spiro atoms. The molecular weight excluding hydrogens is 450 g/mol. The predicted molar refractivity (Wildman–Crippen MR) is 130 cm³/mol. The van der Waals surface area contributed by atoms with E-state index in [4.69, 9.17) is 18.9 Å². The average Bonchev–Trinajstić information content (AvgIpc) is 3.35. The van der Waals surface area contributed by atoms with E-state index in [-0.39, 0.29) is 18.3 Å². The Balaban J connectivity index is 0.00000289. The molecule has 3 heterocycles. The Bertz CT molecular complexity index is 1070. The number of aryl methyl sites for hydroxylation is 3. The van der Waals surface area contributed by atoms with Crippen molar-refractivity contribution in [3.05, 3.63) is 40.8 Å². The summed E-state index contributed by atoms with van der Waals surface area (Å²) in [6, 6.07) is 5.76. The van der Waals surface area contributed by atoms with E-state index < -0.39 is 0 Å². The number of rotatable bonds is 7. The van der Waals surface area contributed by atoms with Crippen LogP contribution >= 0.6 is 23.7 Å². The van der Waals surface area contributed by atoms with E-state index in [0.717, 1.165) is 66.6 Å². The first-order chi connectivity index (χ1) is 15.0. The molecule has 0 N–H and O–H groups in total. The Labute approximate surface area is 198 Å². The molecule has 3 aromatic rings. The first-order valence-corrected chi connectivity index (χ1v) is 11.4. The smallest absolute Gasteiger partial charge is 0.263 e. The van der Waals surface area contributed by atoms with Gasteiger partial charge in [-0.05, 0) is 44.9 Å². The zero-order valence-corrected chi connectivity index (χ0v) is 20.6. The Morgan fingerprint density at radius 1 is 1.25 bits per heavy atom. The Morgan fingerprint density at radius 2 is 2.00 bits per heavy atom. The molecule has 0 bridgehead atoms. The van der Waals surface area contributed by atoms with Gasteiger partial charge in [-0.25, -0.2) is 4.98 Å². The second-order valence-corrected chi connectivity index (χ2v) is 8.83. The fraction of sp³-hybridized carbons (Fsp3) is 0.478. The molecule has 0 unspecified atom stereocenters. The summed E-state index contributed by atoms with van der Waals surface area (Å²) in [5.74, 6) is 2.01. The molecule has 9 heteroatoms. The first-order valence-electron chi connectivity index (χ1n) is 10.6. The highest BCUT2D eigenvalue weighted by Crippen LogP contribution is 2.37. The van der Waals surface area contributed by atoms with Crippen molar-refractivity contribution in [3.63, 3.8) is 0 Å². The number of carbonyl (C=O) groups is 1. The zero-order chi connectivity index (χ0) is 22.0. The lowest BCUT2D eigenvalue weighted by Gasteiger charge is -2.27. The number of carbonyl (C=O) groups excluding carboxylic acids is 1. The number of hydrogen-bond donors (Lipinski definition) is 0. The number of aromatic nitrogens is 1. The number of ether oxygens (including phenoxy) is 2. The Hall–Kier alpha value is -2.13. The number of furan rings is 1. The highest BCUT2D eigenvalue weighted by molar-refractivity contribution is 7.22. The van der Waals surface area contributed by atoms with Gasteiger partial charge in [0.15, 0.2) is 5.13 Å². The number of hydrogen-bond acceptors (Lipinski definition) is 7. The van der Waals surface area contributed by atoms with Gasteiger partial charge in [0.25, 0.3) is 5.91 Å². The number of fused-ring (bicyclic) bond motifs is 1. The van der Waals surface area contributed by atoms with Crippen LogP contribution in [0.25, 0.3) is 10.2 Å². The maximum Gasteiger partial charge on any atom is 0.263 e. The van der Waals surface area contributed by atoms with Crippen molar-refractivity contribution < 1.29 is 18.7 Å². The van der Waals surface area contributed by atoms with Crippen molar-refractivity contribution in [3.8, 4) is 5.75 Å². The van der Waals surface area contributed by atoms with Gasteiger partial charge in [0.1, 0.15) is 22.8 Å². The molecule has 2 aromatic heterocycles. The van der Waals surface area contributed by atoms with E-state index in [9.17, 15) is 4.79 Å². The SMILES string of the molecule is COc1ccc(C)c2sc(N(CCCN3CCOCC3)C(=O)c3cc(C)oc3C)nc12.Cl. The van der Waals surface area contributed by atoms with Gasteiger partial charge in [0.05, 0.1) is 30.6 Å². The minimum absolute atomic E-state index is 0. The van der Waals surface area contributed by atoms with E-state index in [1.54, 1.807) is 12.0 Å². The second kappa shape index (κ2) is 10.7. The number of anilines is 1. The van der Waals surface area contributed by atoms with E-state index >= 15 is 0 Å². The summed E-state index contributed by atoms with van der Waals surface area (Å²) < 4.78 is 17.6. The molecule has 174 valence electrons. The van der Waals surface area contributed by atoms with Crippen molar-refractivity contribution in [2.75, 3.05) is 51.4 Å². The van der Waals surface area contributed by atoms with Crippen molar-refractivity contribution >= 4 is 45.0 Å². The summed E-state index contributed by atoms with van der Waals surface area (Å²) in [5.41, 5.74) is 2.51. The number of amides is 1. The molecule has 7 nitrogen and oxygen atoms in total. The molecule has 1 aliphatic rings. The number of methoxy groups -OCH3 is 1. The van der Waals surface area contributed by atoms with E-state index in [1.807, 2.05) is 32.0 Å². The molecule has 0 saturated carbocycles. The lowest BCUT2D eigenvalue weighted by molar-refractivity contribution is 0.0376. The van der Waals surface area contributed by atoms with Crippen molar-refractivity contribution in [2.45, 2.75) is 27.2 Å². The lowest BCUT2D eigenvalue weighted by atomic mass is 10.2. The highest BCUT2D eigenvalue weighted by atomic mass is 35.5. The normalized spacial score (nSPS) is 14.4. The van der Waals surface area contributed by atoms with E-state index in [0.29, 0.717) is 23.0 Å². The Morgan fingerprint density at radius 3 is 2.66 bits per heavy atom. The van der Waals surface area contributed by atoms with Crippen LogP contribution in [-0.2, 0) is 4.74 Å². The Kier molecular flexibility index (Phi) is 8.16. The molecule has 1 fully saturated rings. The number of benzene rings is 1. The largest absolute Gasteiger partial charge is 0.494 e. The quantitative estimate of drug-likeness (QED) is 0.492. The van der Waals surface area contributed by atoms with Crippen LogP contribution in [0.4, 0.5) is 5.13 Å². The monoisotopic (exact) mass is 479 g/mol. The molecule has 32 heavy (non-hydrogen) atoms. The summed E-state index contributed by atoms with van der Waals surface area (Å²) in [7, 11) is 1.64. The van der Waals surface area contributed by atoms with Crippen LogP contribution in [0.1, 0.15) is 33.9 Å². The fourth-order valence-electron chi connectivity index (χ4n) is 3.93. The number of morpholine rings is 1. The average molecular weight is 480 g/mol. The van der Waals surface area contributed by atoms with Gasteiger partial charge in [0.2, 0.25) is 0 Å². The molecule has 1 amide bonds. The van der Waals surface area contributed by atoms with Crippen LogP contribution in [0.15, 0.2) is 22.6 Å². The maximum atomic E-state index is 13.5. The summed E-state index contributed by atoms with van der Waals surface area (Å²) in [6.07, 6.45) is 0.855. The topological polar surface area (TPSA) is 68.0 Å². The molecule has 1 aromatic carbocycles. The third-order valence-electron chi connectivity index (χ3n) is 5.62. The minimum Gasteiger partial charge on any atom is -0.494 e. The minimum atomic E-state index is -0.0768. The van der Waals surface area contributed by atoms with E-state index in [2.05, 4.69) is 11.8 Å². The molecule has 4 rings (SSSR count). The third-order valence-corrected chi connectivity index (χ3v) is 6.83. The van der Waals surface area contributed by atoms with Crippen LogP contribution in [0, 0.1) is 20.8 Å². The number of thiazole rings is 1. The predicted octanol–water partition coefficient (Wildman–Crippen LogP) is 4.61. The molecule has 1 aliphatic heterocycles. The number of nitrogens with zero attached hydrogens (tertiary/aromatic N) is 3. The standard InChI is InChI=1S/C23H29N3O4S.ClH/c1-15-6-7-19(28-4)20-21(15)31-23(24-20)26(9-5-8-25-10-12-29-13-11-25)22(27)18-14-16(2)30-17(18)3;/h6-7,14H,5,8-13H2,1-4H3;1H. The first kappa shape index (κ1) is 24.5. The van der Waals surface area contributed by atoms with Gasteiger partial charge < -0.3 is 13.9 Å². The van der Waals surface area contributed by atoms with Crippen LogP contribution in [0.2, 0.25) is 0 Å². The van der Waals surface area contributed by atoms with Crippen LogP contribution in [0.3, 0.4) is 0 Å². The highest BCUT2D eigenvalue weighted by Gasteiger charge is 2.26. The zero-order valence-electron chi connectivity index (χ0n) is 19.0. The van der Waals surface area contributed by atoms with Gasteiger partial charge in [-0.2, -0.15) is 0 Å².